The van der Waals surface area contributed by atoms with Crippen molar-refractivity contribution in [1.29, 1.82) is 0 Å². The number of benzene rings is 2. The second-order valence-corrected chi connectivity index (χ2v) is 8.71. The fourth-order valence-corrected chi connectivity index (χ4v) is 4.95. The number of amides is 1. The molecule has 1 aromatic heterocycles. The summed E-state index contributed by atoms with van der Waals surface area (Å²) in [5, 5.41) is 3.10. The van der Waals surface area contributed by atoms with Gasteiger partial charge in [-0.05, 0) is 31.0 Å². The van der Waals surface area contributed by atoms with E-state index in [4.69, 9.17) is 9.47 Å². The summed E-state index contributed by atoms with van der Waals surface area (Å²) in [7, 11) is 1.63. The average molecular weight is 436 g/mol. The van der Waals surface area contributed by atoms with Crippen LogP contribution in [0.25, 0.3) is 0 Å². The van der Waals surface area contributed by atoms with E-state index in [2.05, 4.69) is 5.32 Å². The Kier molecular flexibility index (Phi) is 6.49. The number of carbonyl (C=O) groups is 2. The number of para-hydroxylation sites is 1. The molecule has 2 heterocycles. The zero-order valence-corrected chi connectivity index (χ0v) is 18.2. The van der Waals surface area contributed by atoms with Crippen LogP contribution >= 0.6 is 11.3 Å². The van der Waals surface area contributed by atoms with Gasteiger partial charge < -0.3 is 14.8 Å². The van der Waals surface area contributed by atoms with Crippen molar-refractivity contribution < 1.29 is 19.1 Å². The van der Waals surface area contributed by atoms with Gasteiger partial charge in [0.05, 0.1) is 23.9 Å². The predicted octanol–water partition coefficient (Wildman–Crippen LogP) is 4.35. The third-order valence-corrected chi connectivity index (χ3v) is 6.83. The maximum absolute atomic E-state index is 13.4. The third-order valence-electron chi connectivity index (χ3n) is 5.75. The summed E-state index contributed by atoms with van der Waals surface area (Å²) in [6.45, 7) is 1.43. The van der Waals surface area contributed by atoms with Crippen LogP contribution < -0.4 is 10.1 Å². The van der Waals surface area contributed by atoms with Crippen LogP contribution in [0, 0.1) is 0 Å². The highest BCUT2D eigenvalue weighted by molar-refractivity contribution is 7.14. The smallest absolute Gasteiger partial charge is 0.231 e. The van der Waals surface area contributed by atoms with E-state index >= 15 is 0 Å². The van der Waals surface area contributed by atoms with E-state index in [1.807, 2.05) is 66.7 Å². The second-order valence-electron chi connectivity index (χ2n) is 7.54. The zero-order valence-electron chi connectivity index (χ0n) is 17.4. The molecule has 0 aliphatic carbocycles. The van der Waals surface area contributed by atoms with Crippen LogP contribution in [0.3, 0.4) is 0 Å². The molecule has 1 fully saturated rings. The minimum Gasteiger partial charge on any atom is -0.496 e. The summed E-state index contributed by atoms with van der Waals surface area (Å²) in [4.78, 5) is 27.7. The number of methoxy groups -OCH3 is 1. The highest BCUT2D eigenvalue weighted by Crippen LogP contribution is 2.40. The van der Waals surface area contributed by atoms with Crippen LogP contribution in [-0.2, 0) is 21.5 Å². The Morgan fingerprint density at radius 2 is 1.71 bits per heavy atom. The van der Waals surface area contributed by atoms with Crippen molar-refractivity contribution >= 4 is 23.0 Å². The molecule has 31 heavy (non-hydrogen) atoms. The number of rotatable bonds is 7. The first kappa shape index (κ1) is 21.3. The van der Waals surface area contributed by atoms with Gasteiger partial charge >= 0.3 is 0 Å². The van der Waals surface area contributed by atoms with E-state index in [1.54, 1.807) is 7.11 Å². The van der Waals surface area contributed by atoms with Gasteiger partial charge in [-0.25, -0.2) is 0 Å². The molecular formula is C25H25NO4S. The first-order valence-electron chi connectivity index (χ1n) is 10.3. The fraction of sp³-hybridized carbons (Fsp3) is 0.280. The van der Waals surface area contributed by atoms with Gasteiger partial charge in [0.25, 0.3) is 0 Å². The number of ether oxygens (including phenoxy) is 2. The normalized spacial score (nSPS) is 15.3. The van der Waals surface area contributed by atoms with Crippen LogP contribution in [-0.4, -0.2) is 32.0 Å². The topological polar surface area (TPSA) is 64.6 Å². The van der Waals surface area contributed by atoms with Gasteiger partial charge in [-0.2, -0.15) is 0 Å². The molecule has 0 atom stereocenters. The van der Waals surface area contributed by atoms with Crippen LogP contribution in [0.2, 0.25) is 0 Å². The number of ketones is 1. The van der Waals surface area contributed by atoms with E-state index in [0.717, 1.165) is 10.4 Å². The standard InChI is InChI=1S/C25H25NO4S/c1-29-21-10-6-5-9-20(21)25(13-15-30-16-14-25)24(28)26-17-19-11-12-22(31-19)23(27)18-7-3-2-4-8-18/h2-12H,13-17H2,1H3,(H,26,28). The number of nitrogens with one attached hydrogen (secondary N) is 1. The quantitative estimate of drug-likeness (QED) is 0.561. The Labute approximate surface area is 186 Å². The van der Waals surface area contributed by atoms with Crippen molar-refractivity contribution in [2.24, 2.45) is 0 Å². The van der Waals surface area contributed by atoms with Gasteiger partial charge in [0, 0.05) is 29.2 Å². The Morgan fingerprint density at radius 3 is 2.45 bits per heavy atom. The first-order chi connectivity index (χ1) is 15.1. The first-order valence-corrected chi connectivity index (χ1v) is 11.1. The van der Waals surface area contributed by atoms with E-state index in [9.17, 15) is 9.59 Å². The predicted molar refractivity (Wildman–Crippen MR) is 121 cm³/mol. The highest BCUT2D eigenvalue weighted by Gasteiger charge is 2.43. The Hall–Kier alpha value is -2.96. The van der Waals surface area contributed by atoms with Crippen LogP contribution in [0.5, 0.6) is 5.75 Å². The molecule has 1 aliphatic heterocycles. The van der Waals surface area contributed by atoms with E-state index < -0.39 is 5.41 Å². The Balaban J connectivity index is 1.50. The summed E-state index contributed by atoms with van der Waals surface area (Å²) < 4.78 is 11.1. The van der Waals surface area contributed by atoms with Gasteiger partial charge in [0.2, 0.25) is 11.7 Å². The van der Waals surface area contributed by atoms with Gasteiger partial charge in [-0.3, -0.25) is 9.59 Å². The van der Waals surface area contributed by atoms with Crippen molar-refractivity contribution in [1.82, 2.24) is 5.32 Å². The van der Waals surface area contributed by atoms with Crippen molar-refractivity contribution in [3.05, 3.63) is 87.6 Å². The van der Waals surface area contributed by atoms with Crippen molar-refractivity contribution in [2.45, 2.75) is 24.8 Å². The van der Waals surface area contributed by atoms with Crippen molar-refractivity contribution in [2.75, 3.05) is 20.3 Å². The van der Waals surface area contributed by atoms with E-state index in [0.29, 0.717) is 48.8 Å². The minimum absolute atomic E-state index is 0.00176. The third kappa shape index (κ3) is 4.40. The van der Waals surface area contributed by atoms with Gasteiger partial charge in [-0.1, -0.05) is 48.5 Å². The van der Waals surface area contributed by atoms with E-state index in [-0.39, 0.29) is 11.7 Å². The average Bonchev–Trinajstić information content (AvgIpc) is 3.32. The summed E-state index contributed by atoms with van der Waals surface area (Å²) in [6, 6.07) is 20.6. The molecule has 1 saturated heterocycles. The molecule has 4 rings (SSSR count). The molecule has 1 amide bonds. The fourth-order valence-electron chi connectivity index (χ4n) is 4.04. The van der Waals surface area contributed by atoms with Gasteiger partial charge in [0.1, 0.15) is 5.75 Å². The lowest BCUT2D eigenvalue weighted by atomic mass is 9.73. The zero-order chi connectivity index (χ0) is 21.7. The molecule has 3 aromatic rings. The molecule has 2 aromatic carbocycles. The molecule has 0 spiro atoms. The second kappa shape index (κ2) is 9.45. The Morgan fingerprint density at radius 1 is 1.00 bits per heavy atom. The SMILES string of the molecule is COc1ccccc1C1(C(=O)NCc2ccc(C(=O)c3ccccc3)s2)CCOCC1. The largest absolute Gasteiger partial charge is 0.496 e. The summed E-state index contributed by atoms with van der Waals surface area (Å²) in [5.41, 5.74) is 0.867. The minimum atomic E-state index is -0.690. The number of hydrogen-bond acceptors (Lipinski definition) is 5. The molecule has 1 N–H and O–H groups in total. The monoisotopic (exact) mass is 435 g/mol. The van der Waals surface area contributed by atoms with Gasteiger partial charge in [-0.15, -0.1) is 11.3 Å². The number of carbonyl (C=O) groups excluding carboxylic acids is 2. The van der Waals surface area contributed by atoms with Crippen LogP contribution in [0.1, 0.15) is 38.5 Å². The molecule has 0 bridgehead atoms. The molecule has 0 radical (unpaired) electrons. The molecule has 160 valence electrons. The van der Waals surface area contributed by atoms with Crippen molar-refractivity contribution in [3.63, 3.8) is 0 Å². The van der Waals surface area contributed by atoms with Gasteiger partial charge in [0.15, 0.2) is 0 Å². The maximum Gasteiger partial charge on any atom is 0.231 e. The summed E-state index contributed by atoms with van der Waals surface area (Å²) in [6.07, 6.45) is 1.20. The molecule has 0 unspecified atom stereocenters. The molecule has 1 aliphatic rings. The molecular weight excluding hydrogens is 410 g/mol. The van der Waals surface area contributed by atoms with Crippen LogP contribution in [0.15, 0.2) is 66.7 Å². The molecule has 0 saturated carbocycles. The van der Waals surface area contributed by atoms with Crippen LogP contribution in [0.4, 0.5) is 0 Å². The highest BCUT2D eigenvalue weighted by atomic mass is 32.1. The van der Waals surface area contributed by atoms with Crippen molar-refractivity contribution in [3.8, 4) is 5.75 Å². The van der Waals surface area contributed by atoms with E-state index in [1.165, 1.54) is 11.3 Å². The lowest BCUT2D eigenvalue weighted by Crippen LogP contribution is -2.48. The number of hydrogen-bond donors (Lipinski definition) is 1. The lowest BCUT2D eigenvalue weighted by Gasteiger charge is -2.37. The number of thiophene rings is 1. The Bertz CT molecular complexity index is 1050. The summed E-state index contributed by atoms with van der Waals surface area (Å²) in [5.74, 6) is 0.675. The lowest BCUT2D eigenvalue weighted by molar-refractivity contribution is -0.130. The summed E-state index contributed by atoms with van der Waals surface area (Å²) >= 11 is 1.41. The molecule has 6 heteroatoms. The molecule has 5 nitrogen and oxygen atoms in total. The maximum atomic E-state index is 13.4.